The SMILES string of the molecule is CC(C)(C)[C@@H]1OCCC[C@@H]1CNC(=O)CSCc1ccncc1. The molecular weight excluding hydrogens is 308 g/mol. The minimum Gasteiger partial charge on any atom is -0.377 e. The highest BCUT2D eigenvalue weighted by atomic mass is 32.2. The Labute approximate surface area is 143 Å². The predicted molar refractivity (Wildman–Crippen MR) is 95.3 cm³/mol. The molecule has 0 unspecified atom stereocenters. The van der Waals surface area contributed by atoms with Gasteiger partial charge in [-0.3, -0.25) is 9.78 Å². The fraction of sp³-hybridized carbons (Fsp3) is 0.667. The summed E-state index contributed by atoms with van der Waals surface area (Å²) >= 11 is 1.64. The van der Waals surface area contributed by atoms with Crippen molar-refractivity contribution in [3.63, 3.8) is 0 Å². The third kappa shape index (κ3) is 6.15. The Hall–Kier alpha value is -1.07. The molecule has 2 heterocycles. The first-order valence-electron chi connectivity index (χ1n) is 8.32. The fourth-order valence-electron chi connectivity index (χ4n) is 3.05. The number of ether oxygens (including phenoxy) is 1. The monoisotopic (exact) mass is 336 g/mol. The molecule has 1 aromatic rings. The second-order valence-corrected chi connectivity index (χ2v) is 8.20. The molecule has 1 aliphatic heterocycles. The Balaban J connectivity index is 1.70. The number of amides is 1. The lowest BCUT2D eigenvalue weighted by molar-refractivity contribution is -0.120. The van der Waals surface area contributed by atoms with Gasteiger partial charge in [-0.15, -0.1) is 11.8 Å². The van der Waals surface area contributed by atoms with Gasteiger partial charge in [-0.25, -0.2) is 0 Å². The van der Waals surface area contributed by atoms with E-state index in [1.54, 1.807) is 24.2 Å². The topological polar surface area (TPSA) is 51.2 Å². The van der Waals surface area contributed by atoms with Crippen molar-refractivity contribution in [3.05, 3.63) is 30.1 Å². The van der Waals surface area contributed by atoms with Gasteiger partial charge in [0.2, 0.25) is 5.91 Å². The van der Waals surface area contributed by atoms with Crippen molar-refractivity contribution >= 4 is 17.7 Å². The molecule has 0 spiro atoms. The summed E-state index contributed by atoms with van der Waals surface area (Å²) in [6.07, 6.45) is 6.01. The first-order chi connectivity index (χ1) is 11.0. The second kappa shape index (κ2) is 8.69. The molecule has 2 atom stereocenters. The van der Waals surface area contributed by atoms with Crippen LogP contribution >= 0.6 is 11.8 Å². The zero-order chi connectivity index (χ0) is 16.7. The van der Waals surface area contributed by atoms with Gasteiger partial charge in [0.15, 0.2) is 0 Å². The Morgan fingerprint density at radius 3 is 2.83 bits per heavy atom. The fourth-order valence-corrected chi connectivity index (χ4v) is 3.86. The van der Waals surface area contributed by atoms with E-state index in [4.69, 9.17) is 4.74 Å². The summed E-state index contributed by atoms with van der Waals surface area (Å²) in [5, 5.41) is 3.09. The molecule has 1 fully saturated rings. The number of carbonyl (C=O) groups is 1. The van der Waals surface area contributed by atoms with E-state index in [-0.39, 0.29) is 17.4 Å². The van der Waals surface area contributed by atoms with Gasteiger partial charge in [0.1, 0.15) is 0 Å². The molecule has 0 aliphatic carbocycles. The summed E-state index contributed by atoms with van der Waals surface area (Å²) < 4.78 is 5.96. The van der Waals surface area contributed by atoms with Gasteiger partial charge in [0.05, 0.1) is 11.9 Å². The minimum absolute atomic E-state index is 0.113. The van der Waals surface area contributed by atoms with Crippen LogP contribution in [0.15, 0.2) is 24.5 Å². The summed E-state index contributed by atoms with van der Waals surface area (Å²) in [5.74, 6) is 1.86. The molecule has 1 aromatic heterocycles. The number of pyridine rings is 1. The van der Waals surface area contributed by atoms with Crippen molar-refractivity contribution in [2.24, 2.45) is 11.3 Å². The molecular formula is C18H28N2O2S. The zero-order valence-electron chi connectivity index (χ0n) is 14.4. The minimum atomic E-state index is 0.113. The van der Waals surface area contributed by atoms with Crippen LogP contribution in [0.2, 0.25) is 0 Å². The highest BCUT2D eigenvalue weighted by molar-refractivity contribution is 7.99. The van der Waals surface area contributed by atoms with Gasteiger partial charge in [-0.05, 0) is 36.0 Å². The average Bonchev–Trinajstić information content (AvgIpc) is 2.53. The molecule has 1 saturated heterocycles. The van der Waals surface area contributed by atoms with E-state index in [1.165, 1.54) is 5.56 Å². The lowest BCUT2D eigenvalue weighted by Crippen LogP contribution is -2.45. The van der Waals surface area contributed by atoms with Crippen LogP contribution in [0.5, 0.6) is 0 Å². The number of aromatic nitrogens is 1. The molecule has 128 valence electrons. The summed E-state index contributed by atoms with van der Waals surface area (Å²) in [6.45, 7) is 8.19. The van der Waals surface area contributed by atoms with Gasteiger partial charge in [-0.1, -0.05) is 20.8 Å². The quantitative estimate of drug-likeness (QED) is 0.866. The van der Waals surface area contributed by atoms with Crippen LogP contribution < -0.4 is 5.32 Å². The maximum absolute atomic E-state index is 12.0. The number of hydrogen-bond donors (Lipinski definition) is 1. The van der Waals surface area contributed by atoms with Crippen LogP contribution in [-0.2, 0) is 15.3 Å². The Bertz CT molecular complexity index is 488. The first kappa shape index (κ1) is 18.3. The molecule has 2 rings (SSSR count). The summed E-state index contributed by atoms with van der Waals surface area (Å²) in [5.41, 5.74) is 1.32. The van der Waals surface area contributed by atoms with E-state index in [2.05, 4.69) is 31.1 Å². The van der Waals surface area contributed by atoms with E-state index in [0.717, 1.165) is 31.7 Å². The van der Waals surface area contributed by atoms with Gasteiger partial charge >= 0.3 is 0 Å². The van der Waals surface area contributed by atoms with Crippen molar-refractivity contribution in [1.29, 1.82) is 0 Å². The molecule has 1 aliphatic rings. The largest absolute Gasteiger partial charge is 0.377 e. The standard InChI is InChI=1S/C18H28N2O2S/c1-18(2,3)17-15(5-4-10-22-17)11-20-16(21)13-23-12-14-6-8-19-9-7-14/h6-9,15,17H,4-5,10-13H2,1-3H3,(H,20,21)/t15-,17-/m1/s1. The molecule has 4 nitrogen and oxygen atoms in total. The number of rotatable bonds is 6. The summed E-state index contributed by atoms with van der Waals surface area (Å²) in [7, 11) is 0. The maximum Gasteiger partial charge on any atom is 0.230 e. The van der Waals surface area contributed by atoms with Crippen LogP contribution in [0.25, 0.3) is 0 Å². The average molecular weight is 337 g/mol. The van der Waals surface area contributed by atoms with E-state index in [0.29, 0.717) is 11.7 Å². The predicted octanol–water partition coefficient (Wildman–Crippen LogP) is 3.27. The van der Waals surface area contributed by atoms with Crippen molar-refractivity contribution < 1.29 is 9.53 Å². The molecule has 5 heteroatoms. The smallest absolute Gasteiger partial charge is 0.230 e. The van der Waals surface area contributed by atoms with Gasteiger partial charge in [-0.2, -0.15) is 0 Å². The Kier molecular flexibility index (Phi) is 6.90. The van der Waals surface area contributed by atoms with Crippen LogP contribution in [-0.4, -0.2) is 35.9 Å². The molecule has 23 heavy (non-hydrogen) atoms. The lowest BCUT2D eigenvalue weighted by Gasteiger charge is -2.40. The van der Waals surface area contributed by atoms with Crippen LogP contribution in [0, 0.1) is 11.3 Å². The van der Waals surface area contributed by atoms with Gasteiger partial charge in [0.25, 0.3) is 0 Å². The van der Waals surface area contributed by atoms with E-state index in [1.807, 2.05) is 12.1 Å². The number of hydrogen-bond acceptors (Lipinski definition) is 4. The third-order valence-electron chi connectivity index (χ3n) is 4.11. The number of thioether (sulfide) groups is 1. The Morgan fingerprint density at radius 1 is 1.39 bits per heavy atom. The second-order valence-electron chi connectivity index (χ2n) is 7.21. The van der Waals surface area contributed by atoms with Crippen molar-refractivity contribution in [1.82, 2.24) is 10.3 Å². The molecule has 1 amide bonds. The molecule has 0 radical (unpaired) electrons. The van der Waals surface area contributed by atoms with Crippen LogP contribution in [0.1, 0.15) is 39.2 Å². The molecule has 1 N–H and O–H groups in total. The molecule has 0 bridgehead atoms. The highest BCUT2D eigenvalue weighted by Gasteiger charge is 2.35. The third-order valence-corrected chi connectivity index (χ3v) is 5.11. The van der Waals surface area contributed by atoms with E-state index < -0.39 is 0 Å². The van der Waals surface area contributed by atoms with E-state index in [9.17, 15) is 4.79 Å². The normalized spacial score (nSPS) is 21.9. The van der Waals surface area contributed by atoms with Crippen molar-refractivity contribution in [3.8, 4) is 0 Å². The number of nitrogens with one attached hydrogen (secondary N) is 1. The number of carbonyl (C=O) groups excluding carboxylic acids is 1. The van der Waals surface area contributed by atoms with Gasteiger partial charge in [0, 0.05) is 37.2 Å². The Morgan fingerprint density at radius 2 is 2.13 bits per heavy atom. The van der Waals surface area contributed by atoms with Crippen LogP contribution in [0.3, 0.4) is 0 Å². The van der Waals surface area contributed by atoms with Gasteiger partial charge < -0.3 is 10.1 Å². The lowest BCUT2D eigenvalue weighted by atomic mass is 9.78. The number of nitrogens with zero attached hydrogens (tertiary/aromatic N) is 1. The van der Waals surface area contributed by atoms with Crippen molar-refractivity contribution in [2.75, 3.05) is 18.9 Å². The summed E-state index contributed by atoms with van der Waals surface area (Å²) in [6, 6.07) is 3.97. The molecule has 0 aromatic carbocycles. The summed E-state index contributed by atoms with van der Waals surface area (Å²) in [4.78, 5) is 16.0. The van der Waals surface area contributed by atoms with E-state index >= 15 is 0 Å². The zero-order valence-corrected chi connectivity index (χ0v) is 15.2. The first-order valence-corrected chi connectivity index (χ1v) is 9.47. The maximum atomic E-state index is 12.0. The van der Waals surface area contributed by atoms with Crippen LogP contribution in [0.4, 0.5) is 0 Å². The van der Waals surface area contributed by atoms with Crippen molar-refractivity contribution in [2.45, 2.75) is 45.5 Å². The highest BCUT2D eigenvalue weighted by Crippen LogP contribution is 2.33. The molecule has 0 saturated carbocycles.